The van der Waals surface area contributed by atoms with E-state index in [0.29, 0.717) is 17.1 Å². The van der Waals surface area contributed by atoms with Gasteiger partial charge in [-0.1, -0.05) is 30.3 Å². The zero-order valence-electron chi connectivity index (χ0n) is 12.5. The highest BCUT2D eigenvalue weighted by Crippen LogP contribution is 2.22. The molecule has 3 rings (SSSR count). The lowest BCUT2D eigenvalue weighted by molar-refractivity contribution is 0.102. The molecule has 0 aliphatic rings. The van der Waals surface area contributed by atoms with Crippen molar-refractivity contribution in [1.29, 1.82) is 0 Å². The van der Waals surface area contributed by atoms with Crippen molar-refractivity contribution in [2.24, 2.45) is 0 Å². The molecule has 0 aliphatic heterocycles. The van der Waals surface area contributed by atoms with Crippen LogP contribution in [0.3, 0.4) is 0 Å². The Hall–Kier alpha value is -2.53. The van der Waals surface area contributed by atoms with Crippen LogP contribution >= 0.6 is 11.3 Å². The molecule has 0 radical (unpaired) electrons. The fourth-order valence-electron chi connectivity index (χ4n) is 2.24. The molecular weight excluding hydrogens is 311 g/mol. The van der Waals surface area contributed by atoms with Crippen LogP contribution in [0.15, 0.2) is 54.7 Å². The smallest absolute Gasteiger partial charge is 0.257 e. The Morgan fingerprint density at radius 3 is 2.65 bits per heavy atom. The second-order valence-corrected chi connectivity index (χ2v) is 6.32. The molecule has 0 unspecified atom stereocenters. The number of aromatic nitrogens is 1. The van der Waals surface area contributed by atoms with E-state index in [4.69, 9.17) is 0 Å². The quantitative estimate of drug-likeness (QED) is 0.770. The van der Waals surface area contributed by atoms with Gasteiger partial charge in [-0.25, -0.2) is 9.37 Å². The van der Waals surface area contributed by atoms with Crippen LogP contribution in [0.1, 0.15) is 26.4 Å². The second kappa shape index (κ2) is 6.71. The molecule has 116 valence electrons. The Morgan fingerprint density at radius 2 is 1.91 bits per heavy atom. The van der Waals surface area contributed by atoms with Crippen LogP contribution in [0.25, 0.3) is 0 Å². The summed E-state index contributed by atoms with van der Waals surface area (Å²) in [7, 11) is 0. The van der Waals surface area contributed by atoms with Crippen LogP contribution in [0.4, 0.5) is 9.52 Å². The summed E-state index contributed by atoms with van der Waals surface area (Å²) in [5.74, 6) is -0.407. The van der Waals surface area contributed by atoms with Crippen LogP contribution in [0, 0.1) is 12.7 Å². The Balaban J connectivity index is 1.69. The molecule has 1 heterocycles. The highest BCUT2D eigenvalue weighted by molar-refractivity contribution is 7.15. The summed E-state index contributed by atoms with van der Waals surface area (Å²) < 4.78 is 12.9. The lowest BCUT2D eigenvalue weighted by Crippen LogP contribution is -2.12. The first kappa shape index (κ1) is 15.4. The molecular formula is C18H15FN2OS. The molecule has 23 heavy (non-hydrogen) atoms. The number of anilines is 1. The van der Waals surface area contributed by atoms with Gasteiger partial charge in [0.1, 0.15) is 5.82 Å². The Kier molecular flexibility index (Phi) is 4.48. The minimum Gasteiger partial charge on any atom is -0.298 e. The summed E-state index contributed by atoms with van der Waals surface area (Å²) in [5, 5.41) is 3.39. The van der Waals surface area contributed by atoms with Crippen molar-refractivity contribution >= 4 is 22.4 Å². The van der Waals surface area contributed by atoms with Crippen molar-refractivity contribution in [2.45, 2.75) is 13.3 Å². The molecule has 1 aromatic heterocycles. The predicted octanol–water partition coefficient (Wildman–Crippen LogP) is 4.43. The lowest BCUT2D eigenvalue weighted by atomic mass is 10.1. The van der Waals surface area contributed by atoms with Gasteiger partial charge in [-0.2, -0.15) is 0 Å². The molecule has 0 saturated carbocycles. The first-order valence-electron chi connectivity index (χ1n) is 7.18. The largest absolute Gasteiger partial charge is 0.298 e. The van der Waals surface area contributed by atoms with Crippen LogP contribution in [0.5, 0.6) is 0 Å². The van der Waals surface area contributed by atoms with Crippen molar-refractivity contribution in [1.82, 2.24) is 4.98 Å². The number of amides is 1. The highest BCUT2D eigenvalue weighted by atomic mass is 32.1. The number of benzene rings is 2. The van der Waals surface area contributed by atoms with Gasteiger partial charge >= 0.3 is 0 Å². The Labute approximate surface area is 137 Å². The Bertz CT molecular complexity index is 827. The van der Waals surface area contributed by atoms with Gasteiger partial charge in [0.25, 0.3) is 5.91 Å². The van der Waals surface area contributed by atoms with Crippen molar-refractivity contribution in [3.8, 4) is 0 Å². The van der Waals surface area contributed by atoms with Crippen molar-refractivity contribution in [2.75, 3.05) is 5.32 Å². The average Bonchev–Trinajstić information content (AvgIpc) is 2.97. The maximum absolute atomic E-state index is 12.9. The van der Waals surface area contributed by atoms with Crippen molar-refractivity contribution in [3.05, 3.63) is 82.1 Å². The number of thiazole rings is 1. The third-order valence-electron chi connectivity index (χ3n) is 3.46. The molecule has 5 heteroatoms. The fraction of sp³-hybridized carbons (Fsp3) is 0.111. The van der Waals surface area contributed by atoms with E-state index in [0.717, 1.165) is 16.0 Å². The van der Waals surface area contributed by atoms with E-state index in [1.54, 1.807) is 24.4 Å². The number of carbonyl (C=O) groups excluding carboxylic acids is 1. The molecule has 1 amide bonds. The van der Waals surface area contributed by atoms with E-state index in [-0.39, 0.29) is 11.7 Å². The minimum atomic E-state index is -0.246. The van der Waals surface area contributed by atoms with Gasteiger partial charge in [0.05, 0.1) is 0 Å². The van der Waals surface area contributed by atoms with E-state index in [9.17, 15) is 9.18 Å². The molecule has 0 aliphatic carbocycles. The summed E-state index contributed by atoms with van der Waals surface area (Å²) in [6.45, 7) is 1.90. The average molecular weight is 326 g/mol. The van der Waals surface area contributed by atoms with Crippen LogP contribution in [0.2, 0.25) is 0 Å². The molecule has 3 nitrogen and oxygen atoms in total. The molecule has 0 atom stereocenters. The normalized spacial score (nSPS) is 10.5. The second-order valence-electron chi connectivity index (χ2n) is 5.20. The molecule has 3 aromatic rings. The van der Waals surface area contributed by atoms with Crippen LogP contribution in [-0.2, 0) is 6.42 Å². The van der Waals surface area contributed by atoms with E-state index < -0.39 is 0 Å². The molecule has 0 bridgehead atoms. The fourth-order valence-corrected chi connectivity index (χ4v) is 3.08. The standard InChI is InChI=1S/C18H15FN2OS/c1-12-4-2-3-5-16(12)17(22)21-18-20-11-15(23-18)10-13-6-8-14(19)9-7-13/h2-9,11H,10H2,1H3,(H,20,21,22). The minimum absolute atomic E-state index is 0.161. The zero-order chi connectivity index (χ0) is 16.2. The first-order chi connectivity index (χ1) is 11.1. The number of hydrogen-bond acceptors (Lipinski definition) is 3. The summed E-state index contributed by atoms with van der Waals surface area (Å²) in [5.41, 5.74) is 2.57. The topological polar surface area (TPSA) is 42.0 Å². The number of nitrogens with zero attached hydrogens (tertiary/aromatic N) is 1. The third-order valence-corrected chi connectivity index (χ3v) is 4.37. The molecule has 0 spiro atoms. The maximum Gasteiger partial charge on any atom is 0.257 e. The van der Waals surface area contributed by atoms with E-state index in [2.05, 4.69) is 10.3 Å². The summed E-state index contributed by atoms with van der Waals surface area (Å²) in [6, 6.07) is 13.8. The third kappa shape index (κ3) is 3.81. The van der Waals surface area contributed by atoms with Gasteiger partial charge in [0.15, 0.2) is 5.13 Å². The maximum atomic E-state index is 12.9. The van der Waals surface area contributed by atoms with Gasteiger partial charge in [0, 0.05) is 23.1 Å². The van der Waals surface area contributed by atoms with Gasteiger partial charge in [-0.05, 0) is 36.2 Å². The molecule has 2 aromatic carbocycles. The van der Waals surface area contributed by atoms with Crippen molar-refractivity contribution < 1.29 is 9.18 Å². The van der Waals surface area contributed by atoms with Crippen LogP contribution in [-0.4, -0.2) is 10.9 Å². The van der Waals surface area contributed by atoms with Gasteiger partial charge < -0.3 is 0 Å². The molecule has 0 fully saturated rings. The van der Waals surface area contributed by atoms with E-state index in [1.807, 2.05) is 25.1 Å². The number of nitrogens with one attached hydrogen (secondary N) is 1. The number of halogens is 1. The van der Waals surface area contributed by atoms with Gasteiger partial charge in [-0.15, -0.1) is 11.3 Å². The van der Waals surface area contributed by atoms with E-state index >= 15 is 0 Å². The molecule has 1 N–H and O–H groups in total. The summed E-state index contributed by atoms with van der Waals surface area (Å²) in [4.78, 5) is 17.5. The zero-order valence-corrected chi connectivity index (χ0v) is 13.4. The van der Waals surface area contributed by atoms with Gasteiger partial charge in [0.2, 0.25) is 0 Å². The molecule has 0 saturated heterocycles. The number of rotatable bonds is 4. The SMILES string of the molecule is Cc1ccccc1C(=O)Nc1ncc(Cc2ccc(F)cc2)s1. The van der Waals surface area contributed by atoms with Gasteiger partial charge in [-0.3, -0.25) is 10.1 Å². The highest BCUT2D eigenvalue weighted by Gasteiger charge is 2.11. The first-order valence-corrected chi connectivity index (χ1v) is 7.99. The van der Waals surface area contributed by atoms with E-state index in [1.165, 1.54) is 23.5 Å². The van der Waals surface area contributed by atoms with Crippen LogP contribution < -0.4 is 5.32 Å². The monoisotopic (exact) mass is 326 g/mol. The predicted molar refractivity (Wildman–Crippen MR) is 90.5 cm³/mol. The number of aryl methyl sites for hydroxylation is 1. The number of carbonyl (C=O) groups is 1. The summed E-state index contributed by atoms with van der Waals surface area (Å²) in [6.07, 6.45) is 2.40. The van der Waals surface area contributed by atoms with Crippen molar-refractivity contribution in [3.63, 3.8) is 0 Å². The Morgan fingerprint density at radius 1 is 1.17 bits per heavy atom. The number of hydrogen-bond donors (Lipinski definition) is 1. The lowest BCUT2D eigenvalue weighted by Gasteiger charge is -2.04. The summed E-state index contributed by atoms with van der Waals surface area (Å²) >= 11 is 1.42.